The van der Waals surface area contributed by atoms with E-state index in [1.807, 2.05) is 13.8 Å². The Labute approximate surface area is 154 Å². The molecular weight excluding hydrogens is 353 g/mol. The second-order valence-corrected chi connectivity index (χ2v) is 7.67. The molecule has 0 spiro atoms. The number of nitrogens with zero attached hydrogens (tertiary/aromatic N) is 4. The van der Waals surface area contributed by atoms with E-state index < -0.39 is 0 Å². The quantitative estimate of drug-likeness (QED) is 0.732. The van der Waals surface area contributed by atoms with Crippen LogP contribution in [0.2, 0.25) is 0 Å². The third-order valence-corrected chi connectivity index (χ3v) is 5.26. The Morgan fingerprint density at radius 2 is 2.00 bits per heavy atom. The summed E-state index contributed by atoms with van der Waals surface area (Å²) < 4.78 is 14.9. The lowest BCUT2D eigenvalue weighted by molar-refractivity contribution is 0.102. The number of aromatic nitrogens is 4. The van der Waals surface area contributed by atoms with Crippen molar-refractivity contribution in [3.8, 4) is 5.69 Å². The van der Waals surface area contributed by atoms with Crippen molar-refractivity contribution in [2.75, 3.05) is 5.32 Å². The molecule has 1 fully saturated rings. The number of nitrogens with one attached hydrogen (secondary N) is 1. The molecule has 26 heavy (non-hydrogen) atoms. The van der Waals surface area contributed by atoms with Crippen LogP contribution < -0.4 is 5.32 Å². The standard InChI is InChI=1S/C18H18FN5OS/c1-10(2)15-14(9-20-24(15)13-7-5-12(19)6-8-13)16(25)21-18-23-22-17(26-18)11-3-4-11/h5-11H,3-4H2,1-2H3,(H,21,23,25). The van der Waals surface area contributed by atoms with Crippen LogP contribution in [0.15, 0.2) is 30.5 Å². The van der Waals surface area contributed by atoms with E-state index in [1.165, 1.54) is 29.7 Å². The smallest absolute Gasteiger partial charge is 0.260 e. The first-order valence-corrected chi connectivity index (χ1v) is 9.33. The van der Waals surface area contributed by atoms with E-state index in [0.717, 1.165) is 23.5 Å². The van der Waals surface area contributed by atoms with Crippen molar-refractivity contribution >= 4 is 22.4 Å². The molecule has 1 N–H and O–H groups in total. The molecule has 1 saturated carbocycles. The van der Waals surface area contributed by atoms with Gasteiger partial charge in [0.15, 0.2) is 0 Å². The fourth-order valence-corrected chi connectivity index (χ4v) is 3.73. The Morgan fingerprint density at radius 1 is 1.27 bits per heavy atom. The molecule has 2 heterocycles. The van der Waals surface area contributed by atoms with Gasteiger partial charge < -0.3 is 0 Å². The molecule has 0 bridgehead atoms. The lowest BCUT2D eigenvalue weighted by atomic mass is 10.1. The third-order valence-electron chi connectivity index (χ3n) is 4.26. The molecule has 1 amide bonds. The number of anilines is 1. The number of rotatable bonds is 5. The van der Waals surface area contributed by atoms with Crippen molar-refractivity contribution in [3.05, 3.63) is 52.5 Å². The lowest BCUT2D eigenvalue weighted by Gasteiger charge is -2.12. The van der Waals surface area contributed by atoms with Gasteiger partial charge in [-0.05, 0) is 43.0 Å². The minimum Gasteiger partial charge on any atom is -0.296 e. The van der Waals surface area contributed by atoms with Crippen molar-refractivity contribution in [1.29, 1.82) is 0 Å². The van der Waals surface area contributed by atoms with Gasteiger partial charge in [-0.2, -0.15) is 5.10 Å². The molecule has 1 aromatic carbocycles. The summed E-state index contributed by atoms with van der Waals surface area (Å²) in [4.78, 5) is 12.7. The highest BCUT2D eigenvalue weighted by Crippen LogP contribution is 2.42. The monoisotopic (exact) mass is 371 g/mol. The highest BCUT2D eigenvalue weighted by atomic mass is 32.1. The number of hydrogen-bond donors (Lipinski definition) is 1. The number of carbonyl (C=O) groups is 1. The summed E-state index contributed by atoms with van der Waals surface area (Å²) in [5.41, 5.74) is 1.95. The minimum absolute atomic E-state index is 0.0553. The van der Waals surface area contributed by atoms with E-state index in [4.69, 9.17) is 0 Å². The zero-order valence-corrected chi connectivity index (χ0v) is 15.3. The van der Waals surface area contributed by atoms with Gasteiger partial charge in [0.2, 0.25) is 5.13 Å². The number of carbonyl (C=O) groups excluding carboxylic acids is 1. The van der Waals surface area contributed by atoms with Crippen LogP contribution in [0.5, 0.6) is 0 Å². The van der Waals surface area contributed by atoms with E-state index in [0.29, 0.717) is 22.3 Å². The Hall–Kier alpha value is -2.61. The van der Waals surface area contributed by atoms with E-state index in [-0.39, 0.29) is 17.6 Å². The van der Waals surface area contributed by atoms with Crippen LogP contribution >= 0.6 is 11.3 Å². The van der Waals surface area contributed by atoms with Crippen LogP contribution in [0.4, 0.5) is 9.52 Å². The van der Waals surface area contributed by atoms with E-state index in [1.54, 1.807) is 16.8 Å². The maximum atomic E-state index is 13.2. The first-order chi connectivity index (χ1) is 12.5. The molecule has 4 rings (SSSR count). The van der Waals surface area contributed by atoms with Crippen LogP contribution in [0.25, 0.3) is 5.69 Å². The Kier molecular flexibility index (Phi) is 4.28. The van der Waals surface area contributed by atoms with Crippen LogP contribution in [-0.4, -0.2) is 25.9 Å². The topological polar surface area (TPSA) is 72.7 Å². The number of benzene rings is 1. The highest BCUT2D eigenvalue weighted by Gasteiger charge is 2.28. The van der Waals surface area contributed by atoms with Crippen molar-refractivity contribution in [3.63, 3.8) is 0 Å². The normalized spacial score (nSPS) is 14.0. The molecule has 6 nitrogen and oxygen atoms in total. The zero-order valence-electron chi connectivity index (χ0n) is 14.4. The predicted octanol–water partition coefficient (Wildman–Crippen LogP) is 4.12. The average Bonchev–Trinajstić information content (AvgIpc) is 3.18. The Morgan fingerprint density at radius 3 is 2.65 bits per heavy atom. The molecular formula is C18H18FN5OS. The summed E-state index contributed by atoms with van der Waals surface area (Å²) in [5, 5.41) is 16.8. The second kappa shape index (κ2) is 6.60. The second-order valence-electron chi connectivity index (χ2n) is 6.66. The van der Waals surface area contributed by atoms with Crippen LogP contribution in [0.1, 0.15) is 59.6 Å². The molecule has 3 aromatic rings. The van der Waals surface area contributed by atoms with E-state index in [9.17, 15) is 9.18 Å². The summed E-state index contributed by atoms with van der Waals surface area (Å²) >= 11 is 1.42. The summed E-state index contributed by atoms with van der Waals surface area (Å²) in [7, 11) is 0. The molecule has 0 unspecified atom stereocenters. The summed E-state index contributed by atoms with van der Waals surface area (Å²) in [6.07, 6.45) is 3.83. The minimum atomic E-state index is -0.312. The number of amides is 1. The van der Waals surface area contributed by atoms with Crippen molar-refractivity contribution in [2.45, 2.75) is 38.5 Å². The molecule has 134 valence electrons. The van der Waals surface area contributed by atoms with Crippen molar-refractivity contribution in [1.82, 2.24) is 20.0 Å². The van der Waals surface area contributed by atoms with Gasteiger partial charge in [-0.1, -0.05) is 25.2 Å². The maximum absolute atomic E-state index is 13.2. The highest BCUT2D eigenvalue weighted by molar-refractivity contribution is 7.15. The Bertz CT molecular complexity index is 943. The molecule has 2 aromatic heterocycles. The zero-order chi connectivity index (χ0) is 18.3. The van der Waals surface area contributed by atoms with Crippen LogP contribution in [-0.2, 0) is 0 Å². The molecule has 1 aliphatic rings. The van der Waals surface area contributed by atoms with Crippen molar-refractivity contribution < 1.29 is 9.18 Å². The SMILES string of the molecule is CC(C)c1c(C(=O)Nc2nnc(C3CC3)s2)cnn1-c1ccc(F)cc1. The van der Waals surface area contributed by atoms with Crippen LogP contribution in [0, 0.1) is 5.82 Å². The predicted molar refractivity (Wildman–Crippen MR) is 97.4 cm³/mol. The lowest BCUT2D eigenvalue weighted by Crippen LogP contribution is -2.15. The summed E-state index contributed by atoms with van der Waals surface area (Å²) in [6, 6.07) is 6.04. The maximum Gasteiger partial charge on any atom is 0.260 e. The summed E-state index contributed by atoms with van der Waals surface area (Å²) in [5.74, 6) is -0.0152. The van der Waals surface area contributed by atoms with Gasteiger partial charge in [-0.15, -0.1) is 10.2 Å². The molecule has 8 heteroatoms. The van der Waals surface area contributed by atoms with Gasteiger partial charge in [0.25, 0.3) is 5.91 Å². The van der Waals surface area contributed by atoms with Gasteiger partial charge in [-0.3, -0.25) is 10.1 Å². The molecule has 0 saturated heterocycles. The van der Waals surface area contributed by atoms with Gasteiger partial charge in [0.1, 0.15) is 10.8 Å². The largest absolute Gasteiger partial charge is 0.296 e. The number of halogens is 1. The van der Waals surface area contributed by atoms with Gasteiger partial charge in [0.05, 0.1) is 23.1 Å². The van der Waals surface area contributed by atoms with Gasteiger partial charge >= 0.3 is 0 Å². The fraction of sp³-hybridized carbons (Fsp3) is 0.333. The third kappa shape index (κ3) is 3.24. The fourth-order valence-electron chi connectivity index (χ4n) is 2.82. The van der Waals surface area contributed by atoms with Crippen molar-refractivity contribution in [2.24, 2.45) is 0 Å². The van der Waals surface area contributed by atoms with Gasteiger partial charge in [-0.25, -0.2) is 9.07 Å². The molecule has 0 atom stereocenters. The summed E-state index contributed by atoms with van der Waals surface area (Å²) in [6.45, 7) is 3.98. The first kappa shape index (κ1) is 16.8. The average molecular weight is 371 g/mol. The number of hydrogen-bond acceptors (Lipinski definition) is 5. The van der Waals surface area contributed by atoms with E-state index in [2.05, 4.69) is 20.6 Å². The molecule has 0 radical (unpaired) electrons. The van der Waals surface area contributed by atoms with E-state index >= 15 is 0 Å². The first-order valence-electron chi connectivity index (χ1n) is 8.51. The molecule has 1 aliphatic carbocycles. The van der Waals surface area contributed by atoms with Crippen LogP contribution in [0.3, 0.4) is 0 Å². The Balaban J connectivity index is 1.62. The molecule has 0 aliphatic heterocycles. The van der Waals surface area contributed by atoms with Gasteiger partial charge in [0, 0.05) is 5.92 Å².